The van der Waals surface area contributed by atoms with Crippen molar-refractivity contribution in [2.45, 2.75) is 31.4 Å². The van der Waals surface area contributed by atoms with Gasteiger partial charge in [0.1, 0.15) is 4.75 Å². The van der Waals surface area contributed by atoms with Crippen molar-refractivity contribution in [1.29, 1.82) is 0 Å². The van der Waals surface area contributed by atoms with Crippen LogP contribution in [-0.4, -0.2) is 45.0 Å². The van der Waals surface area contributed by atoms with Crippen LogP contribution in [0.3, 0.4) is 0 Å². The molecular weight excluding hydrogens is 252 g/mol. The summed E-state index contributed by atoms with van der Waals surface area (Å²) in [7, 11) is -3.39. The Bertz CT molecular complexity index is 438. The van der Waals surface area contributed by atoms with E-state index in [2.05, 4.69) is 16.7 Å². The Morgan fingerprint density at radius 1 is 1.50 bits per heavy atom. The molecule has 0 aromatic heterocycles. The van der Waals surface area contributed by atoms with Gasteiger partial charge in [-0.15, -0.1) is 0 Å². The Morgan fingerprint density at radius 2 is 2.17 bits per heavy atom. The predicted octanol–water partition coefficient (Wildman–Crippen LogP) is 0.236. The maximum absolute atomic E-state index is 11.8. The molecule has 1 heterocycles. The lowest BCUT2D eigenvalue weighted by atomic mass is 10.1. The fourth-order valence-electron chi connectivity index (χ4n) is 1.61. The van der Waals surface area contributed by atoms with Gasteiger partial charge in [0.25, 0.3) is 0 Å². The molecule has 0 unspecified atom stereocenters. The summed E-state index contributed by atoms with van der Waals surface area (Å²) in [5, 5.41) is 5.91. The Balaban J connectivity index is 2.44. The standard InChI is InChI=1S/C12H22N2O3S/c1-12(2,18(3,16)17)11(15)14-9-6-10-4-7-13-8-5-10/h4,13H,5-9H2,1-3H3,(H,14,15). The van der Waals surface area contributed by atoms with E-state index in [0.29, 0.717) is 6.54 Å². The van der Waals surface area contributed by atoms with Gasteiger partial charge in [0.2, 0.25) is 5.91 Å². The lowest BCUT2D eigenvalue weighted by molar-refractivity contribution is -0.122. The number of hydrogen-bond donors (Lipinski definition) is 2. The van der Waals surface area contributed by atoms with Crippen molar-refractivity contribution < 1.29 is 13.2 Å². The average Bonchev–Trinajstić information content (AvgIpc) is 2.28. The van der Waals surface area contributed by atoms with Crippen LogP contribution in [0.4, 0.5) is 0 Å². The van der Waals surface area contributed by atoms with Gasteiger partial charge in [-0.25, -0.2) is 8.42 Å². The molecule has 0 bridgehead atoms. The molecular formula is C12H22N2O3S. The van der Waals surface area contributed by atoms with E-state index in [1.165, 1.54) is 19.4 Å². The SMILES string of the molecule is CC(C)(C(=O)NCCC1=CCNCC1)S(C)(=O)=O. The Labute approximate surface area is 109 Å². The van der Waals surface area contributed by atoms with E-state index in [4.69, 9.17) is 0 Å². The zero-order valence-corrected chi connectivity index (χ0v) is 12.1. The van der Waals surface area contributed by atoms with E-state index in [1.807, 2.05) is 0 Å². The summed E-state index contributed by atoms with van der Waals surface area (Å²) in [5.74, 6) is -0.431. The van der Waals surface area contributed by atoms with Crippen molar-refractivity contribution in [3.8, 4) is 0 Å². The topological polar surface area (TPSA) is 75.3 Å². The monoisotopic (exact) mass is 274 g/mol. The van der Waals surface area contributed by atoms with Crippen LogP contribution in [0.1, 0.15) is 26.7 Å². The number of amides is 1. The second kappa shape index (κ2) is 5.84. The molecule has 104 valence electrons. The minimum atomic E-state index is -3.39. The maximum Gasteiger partial charge on any atom is 0.240 e. The molecule has 0 saturated carbocycles. The molecule has 1 aliphatic rings. The first kappa shape index (κ1) is 15.2. The molecule has 0 fully saturated rings. The van der Waals surface area contributed by atoms with E-state index >= 15 is 0 Å². The minimum absolute atomic E-state index is 0.431. The highest BCUT2D eigenvalue weighted by atomic mass is 32.2. The number of carbonyl (C=O) groups excluding carboxylic acids is 1. The summed E-state index contributed by atoms with van der Waals surface area (Å²) < 4.78 is 21.6. The maximum atomic E-state index is 11.8. The average molecular weight is 274 g/mol. The number of rotatable bonds is 5. The van der Waals surface area contributed by atoms with Gasteiger partial charge in [-0.3, -0.25) is 4.79 Å². The summed E-state index contributed by atoms with van der Waals surface area (Å²) in [6.45, 7) is 5.19. The van der Waals surface area contributed by atoms with Crippen LogP contribution in [0.25, 0.3) is 0 Å². The molecule has 0 atom stereocenters. The first-order chi connectivity index (χ1) is 8.25. The summed E-state index contributed by atoms with van der Waals surface area (Å²) in [4.78, 5) is 11.8. The highest BCUT2D eigenvalue weighted by molar-refractivity contribution is 7.92. The highest BCUT2D eigenvalue weighted by Crippen LogP contribution is 2.15. The van der Waals surface area contributed by atoms with Gasteiger partial charge in [-0.05, 0) is 33.2 Å². The smallest absolute Gasteiger partial charge is 0.240 e. The van der Waals surface area contributed by atoms with Crippen molar-refractivity contribution >= 4 is 15.7 Å². The van der Waals surface area contributed by atoms with Gasteiger partial charge in [0.05, 0.1) is 0 Å². The lowest BCUT2D eigenvalue weighted by Gasteiger charge is -2.22. The first-order valence-corrected chi connectivity index (χ1v) is 8.01. The first-order valence-electron chi connectivity index (χ1n) is 6.11. The van der Waals surface area contributed by atoms with Crippen LogP contribution in [0.15, 0.2) is 11.6 Å². The highest BCUT2D eigenvalue weighted by Gasteiger charge is 2.38. The van der Waals surface area contributed by atoms with E-state index in [-0.39, 0.29) is 0 Å². The summed E-state index contributed by atoms with van der Waals surface area (Å²) in [5.41, 5.74) is 1.31. The summed E-state index contributed by atoms with van der Waals surface area (Å²) in [6.07, 6.45) is 4.98. The van der Waals surface area contributed by atoms with Gasteiger partial charge in [-0.2, -0.15) is 0 Å². The molecule has 6 heteroatoms. The van der Waals surface area contributed by atoms with Crippen molar-refractivity contribution in [3.63, 3.8) is 0 Å². The third kappa shape index (κ3) is 3.81. The predicted molar refractivity (Wildman–Crippen MR) is 72.1 cm³/mol. The van der Waals surface area contributed by atoms with Gasteiger partial charge >= 0.3 is 0 Å². The number of hydrogen-bond acceptors (Lipinski definition) is 4. The summed E-state index contributed by atoms with van der Waals surface area (Å²) >= 11 is 0. The van der Waals surface area contributed by atoms with Crippen molar-refractivity contribution in [2.24, 2.45) is 0 Å². The fraction of sp³-hybridized carbons (Fsp3) is 0.750. The van der Waals surface area contributed by atoms with E-state index in [9.17, 15) is 13.2 Å². The van der Waals surface area contributed by atoms with Crippen LogP contribution in [-0.2, 0) is 14.6 Å². The fourth-order valence-corrected chi connectivity index (χ4v) is 2.02. The third-order valence-electron chi connectivity index (χ3n) is 3.36. The molecule has 0 radical (unpaired) electrons. The quantitative estimate of drug-likeness (QED) is 0.704. The van der Waals surface area contributed by atoms with Crippen LogP contribution in [0, 0.1) is 0 Å². The van der Waals surface area contributed by atoms with Crippen LogP contribution in [0.5, 0.6) is 0 Å². The Kier molecular flexibility index (Phi) is 4.92. The normalized spacial score (nSPS) is 17.2. The van der Waals surface area contributed by atoms with Crippen LogP contribution < -0.4 is 10.6 Å². The molecule has 5 nitrogen and oxygen atoms in total. The van der Waals surface area contributed by atoms with E-state index < -0.39 is 20.5 Å². The molecule has 2 N–H and O–H groups in total. The zero-order valence-electron chi connectivity index (χ0n) is 11.2. The molecule has 0 spiro atoms. The van der Waals surface area contributed by atoms with Gasteiger partial charge in [0, 0.05) is 19.3 Å². The molecule has 0 aromatic rings. The lowest BCUT2D eigenvalue weighted by Crippen LogP contribution is -2.47. The molecule has 0 aliphatic carbocycles. The second-order valence-corrected chi connectivity index (χ2v) is 7.67. The van der Waals surface area contributed by atoms with Crippen LogP contribution >= 0.6 is 0 Å². The molecule has 1 aliphatic heterocycles. The van der Waals surface area contributed by atoms with E-state index in [0.717, 1.165) is 32.2 Å². The minimum Gasteiger partial charge on any atom is -0.354 e. The van der Waals surface area contributed by atoms with Crippen LogP contribution in [0.2, 0.25) is 0 Å². The molecule has 18 heavy (non-hydrogen) atoms. The van der Waals surface area contributed by atoms with Gasteiger partial charge in [-0.1, -0.05) is 11.6 Å². The number of carbonyl (C=O) groups is 1. The number of nitrogens with one attached hydrogen (secondary N) is 2. The van der Waals surface area contributed by atoms with Crippen molar-refractivity contribution in [2.75, 3.05) is 25.9 Å². The number of sulfone groups is 1. The van der Waals surface area contributed by atoms with Crippen molar-refractivity contribution in [3.05, 3.63) is 11.6 Å². The molecule has 0 aromatic carbocycles. The third-order valence-corrected chi connectivity index (χ3v) is 5.40. The molecule has 0 saturated heterocycles. The summed E-state index contributed by atoms with van der Waals surface area (Å²) in [6, 6.07) is 0. The van der Waals surface area contributed by atoms with Gasteiger partial charge in [0.15, 0.2) is 9.84 Å². The Hall–Kier alpha value is -0.880. The molecule has 1 rings (SSSR count). The largest absolute Gasteiger partial charge is 0.354 e. The molecule has 1 amide bonds. The van der Waals surface area contributed by atoms with Gasteiger partial charge < -0.3 is 10.6 Å². The zero-order chi connectivity index (χ0) is 13.8. The van der Waals surface area contributed by atoms with E-state index in [1.54, 1.807) is 0 Å². The van der Waals surface area contributed by atoms with Crippen molar-refractivity contribution in [1.82, 2.24) is 10.6 Å². The Morgan fingerprint density at radius 3 is 2.67 bits per heavy atom. The second-order valence-electron chi connectivity index (χ2n) is 5.10.